The molecule has 0 N–H and O–H groups in total. The minimum atomic E-state index is 0.728. The summed E-state index contributed by atoms with van der Waals surface area (Å²) < 4.78 is 1.96. The van der Waals surface area contributed by atoms with Crippen LogP contribution in [0.15, 0.2) is 6.07 Å². The number of piperazine rings is 2. The summed E-state index contributed by atoms with van der Waals surface area (Å²) in [5, 5.41) is 4.86. The van der Waals surface area contributed by atoms with Crippen LogP contribution in [0.2, 0.25) is 0 Å². The Kier molecular flexibility index (Phi) is 6.32. The van der Waals surface area contributed by atoms with Gasteiger partial charge in [-0.05, 0) is 19.4 Å². The molecule has 0 saturated carbocycles. The summed E-state index contributed by atoms with van der Waals surface area (Å²) in [6.45, 7) is 20.7. The first-order valence-corrected chi connectivity index (χ1v) is 11.2. The number of aromatic nitrogens is 4. The van der Waals surface area contributed by atoms with E-state index in [1.54, 1.807) is 0 Å². The Balaban J connectivity index is 1.45. The topological polar surface area (TPSA) is 56.0 Å². The van der Waals surface area contributed by atoms with Gasteiger partial charge in [-0.3, -0.25) is 4.90 Å². The quantitative estimate of drug-likeness (QED) is 0.725. The first-order chi connectivity index (χ1) is 14.0. The number of fused-ring (bicyclic) bond motifs is 1. The summed E-state index contributed by atoms with van der Waals surface area (Å²) in [5.74, 6) is 3.47. The highest BCUT2D eigenvalue weighted by Gasteiger charge is 2.22. The number of hydrogen-bond donors (Lipinski definition) is 0. The molecule has 2 aromatic heterocycles. The maximum atomic E-state index is 4.86. The van der Waals surface area contributed by atoms with Crippen molar-refractivity contribution in [2.45, 2.75) is 34.2 Å². The molecule has 0 aromatic carbocycles. The van der Waals surface area contributed by atoms with Gasteiger partial charge >= 0.3 is 0 Å². The number of likely N-dealkylation sites (N-methyl/N-ethyl adjacent to an activating group) is 1. The van der Waals surface area contributed by atoms with E-state index in [-0.39, 0.29) is 0 Å². The SMILES string of the molecule is CCN1CCN(c2cc(C)nc3nc(CN4CCN(CC(C)C)CC4)nn23)CC1. The first kappa shape index (κ1) is 20.5. The van der Waals surface area contributed by atoms with Gasteiger partial charge in [0.05, 0.1) is 6.54 Å². The number of hydrogen-bond acceptors (Lipinski definition) is 7. The van der Waals surface area contributed by atoms with Gasteiger partial charge < -0.3 is 14.7 Å². The van der Waals surface area contributed by atoms with Gasteiger partial charge in [-0.2, -0.15) is 9.50 Å². The smallest absolute Gasteiger partial charge is 0.254 e. The van der Waals surface area contributed by atoms with Crippen molar-refractivity contribution in [2.75, 3.05) is 70.3 Å². The molecule has 0 atom stereocenters. The Labute approximate surface area is 174 Å². The second-order valence-corrected chi connectivity index (χ2v) is 8.89. The van der Waals surface area contributed by atoms with Crippen LogP contribution in [0.4, 0.5) is 5.82 Å². The third kappa shape index (κ3) is 4.87. The van der Waals surface area contributed by atoms with Crippen LogP contribution in [-0.2, 0) is 6.54 Å². The van der Waals surface area contributed by atoms with Crippen molar-refractivity contribution in [3.8, 4) is 0 Å². The van der Waals surface area contributed by atoms with Crippen molar-refractivity contribution in [2.24, 2.45) is 5.92 Å². The van der Waals surface area contributed by atoms with Crippen molar-refractivity contribution < 1.29 is 0 Å². The van der Waals surface area contributed by atoms with E-state index in [1.165, 1.54) is 6.54 Å². The zero-order valence-corrected chi connectivity index (χ0v) is 18.5. The van der Waals surface area contributed by atoms with Gasteiger partial charge in [0, 0.05) is 70.7 Å². The molecule has 2 fully saturated rings. The number of nitrogens with zero attached hydrogens (tertiary/aromatic N) is 8. The summed E-state index contributed by atoms with van der Waals surface area (Å²) in [6, 6.07) is 2.15. The highest BCUT2D eigenvalue weighted by molar-refractivity contribution is 5.48. The second kappa shape index (κ2) is 8.93. The molecule has 2 aliphatic rings. The lowest BCUT2D eigenvalue weighted by molar-refractivity contribution is 0.115. The van der Waals surface area contributed by atoms with Crippen LogP contribution in [0.3, 0.4) is 0 Å². The van der Waals surface area contributed by atoms with Crippen molar-refractivity contribution in [1.29, 1.82) is 0 Å². The fourth-order valence-corrected chi connectivity index (χ4v) is 4.44. The summed E-state index contributed by atoms with van der Waals surface area (Å²) in [4.78, 5) is 19.4. The molecular weight excluding hydrogens is 364 g/mol. The molecule has 2 aliphatic heterocycles. The van der Waals surface area contributed by atoms with Crippen LogP contribution in [0.1, 0.15) is 32.3 Å². The van der Waals surface area contributed by atoms with E-state index < -0.39 is 0 Å². The van der Waals surface area contributed by atoms with Crippen LogP contribution in [-0.4, -0.2) is 99.7 Å². The molecule has 0 unspecified atom stereocenters. The monoisotopic (exact) mass is 400 g/mol. The number of aryl methyl sites for hydroxylation is 1. The lowest BCUT2D eigenvalue weighted by Crippen LogP contribution is -2.47. The van der Waals surface area contributed by atoms with Crippen molar-refractivity contribution in [3.63, 3.8) is 0 Å². The Morgan fingerprint density at radius 3 is 2.21 bits per heavy atom. The van der Waals surface area contributed by atoms with Gasteiger partial charge in [-0.1, -0.05) is 20.8 Å². The maximum Gasteiger partial charge on any atom is 0.254 e. The Hall–Kier alpha value is -1.77. The van der Waals surface area contributed by atoms with Crippen molar-refractivity contribution in [1.82, 2.24) is 34.3 Å². The zero-order chi connectivity index (χ0) is 20.4. The molecular formula is C21H36N8. The molecule has 2 saturated heterocycles. The molecule has 0 radical (unpaired) electrons. The lowest BCUT2D eigenvalue weighted by Gasteiger charge is -2.35. The molecule has 8 heteroatoms. The molecule has 4 heterocycles. The van der Waals surface area contributed by atoms with E-state index in [2.05, 4.69) is 51.4 Å². The second-order valence-electron chi connectivity index (χ2n) is 8.89. The molecule has 0 amide bonds. The van der Waals surface area contributed by atoms with Gasteiger partial charge in [-0.25, -0.2) is 4.98 Å². The highest BCUT2D eigenvalue weighted by atomic mass is 15.4. The average Bonchev–Trinajstić information content (AvgIpc) is 3.10. The van der Waals surface area contributed by atoms with E-state index in [0.29, 0.717) is 0 Å². The molecule has 29 heavy (non-hydrogen) atoms. The predicted molar refractivity (Wildman–Crippen MR) is 116 cm³/mol. The molecule has 0 spiro atoms. The fraction of sp³-hybridized carbons (Fsp3) is 0.762. The van der Waals surface area contributed by atoms with E-state index >= 15 is 0 Å². The summed E-state index contributed by atoms with van der Waals surface area (Å²) in [7, 11) is 0. The number of anilines is 1. The Bertz CT molecular complexity index is 800. The van der Waals surface area contributed by atoms with Crippen molar-refractivity contribution >= 4 is 11.6 Å². The van der Waals surface area contributed by atoms with E-state index in [0.717, 1.165) is 94.5 Å². The summed E-state index contributed by atoms with van der Waals surface area (Å²) >= 11 is 0. The third-order valence-corrected chi connectivity index (χ3v) is 6.06. The molecule has 4 rings (SSSR count). The Morgan fingerprint density at radius 1 is 0.897 bits per heavy atom. The van der Waals surface area contributed by atoms with Gasteiger partial charge in [0.2, 0.25) is 0 Å². The fourth-order valence-electron chi connectivity index (χ4n) is 4.44. The molecule has 8 nitrogen and oxygen atoms in total. The summed E-state index contributed by atoms with van der Waals surface area (Å²) in [6.07, 6.45) is 0. The van der Waals surface area contributed by atoms with Crippen molar-refractivity contribution in [3.05, 3.63) is 17.6 Å². The van der Waals surface area contributed by atoms with E-state index in [9.17, 15) is 0 Å². The zero-order valence-electron chi connectivity index (χ0n) is 18.5. The molecule has 0 aliphatic carbocycles. The average molecular weight is 401 g/mol. The van der Waals surface area contributed by atoms with Crippen LogP contribution >= 0.6 is 0 Å². The largest absolute Gasteiger partial charge is 0.354 e. The van der Waals surface area contributed by atoms with Crippen LogP contribution < -0.4 is 4.90 Å². The van der Waals surface area contributed by atoms with E-state index in [4.69, 9.17) is 10.1 Å². The predicted octanol–water partition coefficient (Wildman–Crippen LogP) is 1.35. The van der Waals surface area contributed by atoms with Gasteiger partial charge in [0.25, 0.3) is 5.78 Å². The molecule has 160 valence electrons. The molecule has 2 aromatic rings. The number of rotatable bonds is 6. The van der Waals surface area contributed by atoms with Gasteiger partial charge in [0.1, 0.15) is 5.82 Å². The maximum absolute atomic E-state index is 4.86. The normalized spacial score (nSPS) is 20.2. The minimum Gasteiger partial charge on any atom is -0.354 e. The standard InChI is InChI=1S/C21H36N8/c1-5-25-10-12-28(13-11-25)20-14-18(4)22-21-23-19(24-29(20)21)16-27-8-6-26(7-9-27)15-17(2)3/h14,17H,5-13,15-16H2,1-4H3. The lowest BCUT2D eigenvalue weighted by atomic mass is 10.2. The van der Waals surface area contributed by atoms with Gasteiger partial charge in [0.15, 0.2) is 5.82 Å². The van der Waals surface area contributed by atoms with Crippen LogP contribution in [0, 0.1) is 12.8 Å². The highest BCUT2D eigenvalue weighted by Crippen LogP contribution is 2.19. The van der Waals surface area contributed by atoms with Gasteiger partial charge in [-0.15, -0.1) is 5.10 Å². The van der Waals surface area contributed by atoms with E-state index in [1.807, 2.05) is 11.4 Å². The molecule has 0 bridgehead atoms. The minimum absolute atomic E-state index is 0.728. The van der Waals surface area contributed by atoms with Crippen LogP contribution in [0.5, 0.6) is 0 Å². The Morgan fingerprint density at radius 2 is 1.55 bits per heavy atom. The van der Waals surface area contributed by atoms with Crippen LogP contribution in [0.25, 0.3) is 5.78 Å². The third-order valence-electron chi connectivity index (χ3n) is 6.06. The first-order valence-electron chi connectivity index (χ1n) is 11.2. The summed E-state index contributed by atoms with van der Waals surface area (Å²) in [5.41, 5.74) is 1.01.